The van der Waals surface area contributed by atoms with Crippen LogP contribution in [0, 0.1) is 0 Å². The Kier molecular flexibility index (Phi) is 10.2. The normalized spacial score (nSPS) is 23.8. The van der Waals surface area contributed by atoms with Gasteiger partial charge in [0.2, 0.25) is 17.7 Å². The monoisotopic (exact) mass is 811 g/mol. The molecule has 4 heterocycles. The van der Waals surface area contributed by atoms with Gasteiger partial charge in [0.05, 0.1) is 6.04 Å². The molecule has 1 aliphatic carbocycles. The van der Waals surface area contributed by atoms with E-state index in [-0.39, 0.29) is 42.3 Å². The number of carbonyl (C=O) groups is 6. The lowest BCUT2D eigenvalue weighted by molar-refractivity contribution is -0.137. The molecule has 0 bridgehead atoms. The molecule has 0 aromatic heterocycles. The van der Waals surface area contributed by atoms with E-state index in [1.807, 2.05) is 66.7 Å². The lowest BCUT2D eigenvalue weighted by Gasteiger charge is -2.50. The number of imide groups is 1. The van der Waals surface area contributed by atoms with Crippen molar-refractivity contribution >= 4 is 52.6 Å². The molecule has 3 fully saturated rings. The minimum atomic E-state index is -0.974. The standard InChI is InChI=1S/C47H46ClN5O6/c48-32-18-19-35-36(26-32)50-45(59)47(35)40(30-10-3-1-4-11-30)41(52-46(47)22-8-23-46)38(54)25-28-14-16-31(17-15-28)42(56)49-24-6-2-5-9-29-12-7-13-33-34(29)27-53(44(33)58)37-20-21-39(55)51-43(37)57/h1,3-4,7,10-19,26,37,40-41,52H,2,5-6,8-9,20-25,27H2,(H,49,56)(H,50,59)(H,51,55,57)/t37?,40-,41-,47+/m0/s1. The van der Waals surface area contributed by atoms with Crippen molar-refractivity contribution < 1.29 is 28.8 Å². The number of rotatable bonds is 12. The van der Waals surface area contributed by atoms with Crippen molar-refractivity contribution in [3.8, 4) is 0 Å². The molecule has 59 heavy (non-hydrogen) atoms. The van der Waals surface area contributed by atoms with Gasteiger partial charge in [0.25, 0.3) is 11.8 Å². The van der Waals surface area contributed by atoms with Gasteiger partial charge in [-0.05, 0) is 103 Å². The van der Waals surface area contributed by atoms with E-state index in [1.165, 1.54) is 0 Å². The number of nitrogens with one attached hydrogen (secondary N) is 4. The van der Waals surface area contributed by atoms with Gasteiger partial charge in [-0.15, -0.1) is 0 Å². The Labute approximate surface area is 347 Å². The highest BCUT2D eigenvalue weighted by Crippen LogP contribution is 2.64. The maximum Gasteiger partial charge on any atom is 0.255 e. The van der Waals surface area contributed by atoms with Crippen molar-refractivity contribution in [2.24, 2.45) is 0 Å². The number of piperidine rings is 1. The van der Waals surface area contributed by atoms with Crippen LogP contribution in [-0.2, 0) is 44.0 Å². The van der Waals surface area contributed by atoms with Crippen LogP contribution in [0.1, 0.15) is 106 Å². The van der Waals surface area contributed by atoms with Gasteiger partial charge in [-0.3, -0.25) is 39.4 Å². The van der Waals surface area contributed by atoms with Gasteiger partial charge in [0, 0.05) is 59.2 Å². The Hall–Kier alpha value is -5.65. The Bertz CT molecular complexity index is 2380. The average Bonchev–Trinajstić information content (AvgIpc) is 3.84. The van der Waals surface area contributed by atoms with E-state index in [4.69, 9.17) is 11.6 Å². The number of ketones is 1. The van der Waals surface area contributed by atoms with Crippen LogP contribution in [0.2, 0.25) is 5.02 Å². The second kappa shape index (κ2) is 15.5. The van der Waals surface area contributed by atoms with Gasteiger partial charge in [0.1, 0.15) is 11.5 Å². The molecule has 2 saturated heterocycles. The summed E-state index contributed by atoms with van der Waals surface area (Å²) in [5, 5.41) is 12.8. The summed E-state index contributed by atoms with van der Waals surface area (Å²) in [6.07, 6.45) is 6.53. The zero-order valence-electron chi connectivity index (χ0n) is 32.7. The van der Waals surface area contributed by atoms with Crippen molar-refractivity contribution in [2.45, 2.75) is 99.7 Å². The van der Waals surface area contributed by atoms with Crippen LogP contribution in [0.3, 0.4) is 0 Å². The second-order valence-electron chi connectivity index (χ2n) is 16.6. The Morgan fingerprint density at radius 1 is 0.864 bits per heavy atom. The number of fused-ring (bicyclic) bond motifs is 4. The maximum atomic E-state index is 14.4. The first-order chi connectivity index (χ1) is 28.6. The van der Waals surface area contributed by atoms with Crippen molar-refractivity contribution in [2.75, 3.05) is 11.9 Å². The zero-order valence-corrected chi connectivity index (χ0v) is 33.4. The number of halogens is 1. The zero-order chi connectivity index (χ0) is 40.9. The molecule has 4 N–H and O–H groups in total. The van der Waals surface area contributed by atoms with Gasteiger partial charge < -0.3 is 15.5 Å². The highest BCUT2D eigenvalue weighted by Gasteiger charge is 2.73. The molecule has 0 radical (unpaired) electrons. The summed E-state index contributed by atoms with van der Waals surface area (Å²) in [7, 11) is 0. The van der Waals surface area contributed by atoms with E-state index in [9.17, 15) is 28.8 Å². The first-order valence-electron chi connectivity index (χ1n) is 20.7. The predicted molar refractivity (Wildman–Crippen MR) is 222 cm³/mol. The van der Waals surface area contributed by atoms with E-state index >= 15 is 0 Å². The van der Waals surface area contributed by atoms with Crippen LogP contribution in [0.15, 0.2) is 91.0 Å². The number of aryl methyl sites for hydroxylation is 1. The Morgan fingerprint density at radius 2 is 1.66 bits per heavy atom. The average molecular weight is 812 g/mol. The van der Waals surface area contributed by atoms with Crippen molar-refractivity contribution in [3.05, 3.63) is 135 Å². The van der Waals surface area contributed by atoms with E-state index < -0.39 is 34.9 Å². The van der Waals surface area contributed by atoms with Gasteiger partial charge in [-0.2, -0.15) is 0 Å². The predicted octanol–water partition coefficient (Wildman–Crippen LogP) is 5.92. The SMILES string of the molecule is O=C1CCC(N2Cc3c(CCCCCNC(=O)c4ccc(CC(=O)[C@@H]5NC6(CCC6)[C@@]6(C(=O)Nc7cc(Cl)ccc76)[C@H]5c5ccccc5)cc4)cccc3C2=O)C(=O)N1. The fraction of sp³-hybridized carbons (Fsp3) is 0.362. The van der Waals surface area contributed by atoms with Crippen LogP contribution in [-0.4, -0.2) is 64.4 Å². The molecule has 5 amide bonds. The molecule has 4 aromatic carbocycles. The number of benzene rings is 4. The van der Waals surface area contributed by atoms with Crippen LogP contribution in [0.4, 0.5) is 5.69 Å². The van der Waals surface area contributed by atoms with E-state index in [1.54, 1.807) is 29.2 Å². The summed E-state index contributed by atoms with van der Waals surface area (Å²) in [6.45, 7) is 0.866. The van der Waals surface area contributed by atoms with Gasteiger partial charge in [-0.25, -0.2) is 0 Å². The maximum absolute atomic E-state index is 14.4. The van der Waals surface area contributed by atoms with Crippen LogP contribution < -0.4 is 21.3 Å². The quantitative estimate of drug-likeness (QED) is 0.102. The third-order valence-corrected chi connectivity index (χ3v) is 13.6. The van der Waals surface area contributed by atoms with Gasteiger partial charge in [-0.1, -0.05) is 78.7 Å². The largest absolute Gasteiger partial charge is 0.352 e. The van der Waals surface area contributed by atoms with Gasteiger partial charge >= 0.3 is 0 Å². The summed E-state index contributed by atoms with van der Waals surface area (Å²) in [4.78, 5) is 80.7. The molecule has 12 heteroatoms. The van der Waals surface area contributed by atoms with Crippen LogP contribution >= 0.6 is 11.6 Å². The Morgan fingerprint density at radius 3 is 2.41 bits per heavy atom. The number of anilines is 1. The number of amides is 5. The topological polar surface area (TPSA) is 154 Å². The number of Topliss-reactive ketones (excluding diaryl/α,β-unsaturated/α-hetero) is 1. The highest BCUT2D eigenvalue weighted by molar-refractivity contribution is 6.31. The molecule has 4 aliphatic heterocycles. The summed E-state index contributed by atoms with van der Waals surface area (Å²) in [5.41, 5.74) is 4.93. The highest BCUT2D eigenvalue weighted by atomic mass is 35.5. The summed E-state index contributed by atoms with van der Waals surface area (Å²) >= 11 is 6.38. The summed E-state index contributed by atoms with van der Waals surface area (Å²) in [6, 6.07) is 27.1. The molecule has 1 saturated carbocycles. The second-order valence-corrected chi connectivity index (χ2v) is 17.1. The minimum absolute atomic E-state index is 0.00637. The number of hydrogen-bond donors (Lipinski definition) is 4. The molecular formula is C47H46ClN5O6. The number of unbranched alkanes of at least 4 members (excludes halogenated alkanes) is 2. The smallest absolute Gasteiger partial charge is 0.255 e. The molecule has 9 rings (SSSR count). The Balaban J connectivity index is 0.800. The van der Waals surface area contributed by atoms with E-state index in [2.05, 4.69) is 21.3 Å². The fourth-order valence-corrected chi connectivity index (χ4v) is 10.6. The minimum Gasteiger partial charge on any atom is -0.352 e. The van der Waals surface area contributed by atoms with Crippen molar-refractivity contribution in [1.82, 2.24) is 20.9 Å². The number of hydrogen-bond acceptors (Lipinski definition) is 7. The summed E-state index contributed by atoms with van der Waals surface area (Å²) < 4.78 is 0. The van der Waals surface area contributed by atoms with Gasteiger partial charge in [0.15, 0.2) is 5.78 Å². The molecule has 5 aliphatic rings. The molecule has 1 unspecified atom stereocenters. The first kappa shape index (κ1) is 38.8. The fourth-order valence-electron chi connectivity index (χ4n) is 10.5. The molecule has 2 spiro atoms. The van der Waals surface area contributed by atoms with E-state index in [0.29, 0.717) is 41.3 Å². The van der Waals surface area contributed by atoms with Crippen LogP contribution in [0.5, 0.6) is 0 Å². The lowest BCUT2D eigenvalue weighted by Crippen LogP contribution is -2.63. The lowest BCUT2D eigenvalue weighted by atomic mass is 9.53. The summed E-state index contributed by atoms with van der Waals surface area (Å²) in [5.74, 6) is -1.61. The van der Waals surface area contributed by atoms with Crippen molar-refractivity contribution in [1.29, 1.82) is 0 Å². The van der Waals surface area contributed by atoms with E-state index in [0.717, 1.165) is 72.8 Å². The third-order valence-electron chi connectivity index (χ3n) is 13.4. The molecule has 11 nitrogen and oxygen atoms in total. The first-order valence-corrected chi connectivity index (χ1v) is 21.1. The molecular weight excluding hydrogens is 766 g/mol. The van der Waals surface area contributed by atoms with Crippen LogP contribution in [0.25, 0.3) is 0 Å². The number of carbonyl (C=O) groups excluding carboxylic acids is 6. The molecule has 4 atom stereocenters. The molecule has 4 aromatic rings. The number of nitrogens with zero attached hydrogens (tertiary/aromatic N) is 1. The molecule has 302 valence electrons. The third kappa shape index (κ3) is 6.64. The van der Waals surface area contributed by atoms with Crippen molar-refractivity contribution in [3.63, 3.8) is 0 Å².